The first-order valence-corrected chi connectivity index (χ1v) is 18.7. The molecular weight excluding hydrogens is 569 g/mol. The van der Waals surface area contributed by atoms with Crippen LogP contribution in [0.2, 0.25) is 23.3 Å². The number of sulfone groups is 1. The molecule has 0 amide bonds. The van der Waals surface area contributed by atoms with E-state index in [1.807, 2.05) is 9.58 Å². The van der Waals surface area contributed by atoms with Crippen LogP contribution < -0.4 is 4.90 Å². The van der Waals surface area contributed by atoms with Crippen molar-refractivity contribution in [3.8, 4) is 0 Å². The molecule has 13 heteroatoms. The summed E-state index contributed by atoms with van der Waals surface area (Å²) in [5.41, 5.74) is 0.789. The van der Waals surface area contributed by atoms with Crippen LogP contribution in [0.4, 0.5) is 19.0 Å². The maximum absolute atomic E-state index is 12.7. The summed E-state index contributed by atoms with van der Waals surface area (Å²) in [5.74, 6) is -1.99. The second-order valence-corrected chi connectivity index (χ2v) is 20.3. The fourth-order valence-corrected chi connectivity index (χ4v) is 8.41. The lowest BCUT2D eigenvalue weighted by atomic mass is 9.87. The standard InChI is InChI=1S/C26H40ClF3N4O3SSi/c1-24(2,3)39(4,5)37-17-25(9-6-7-10-25)16-34-21-12-22(27)31-13-20(21)23(32-34)33-11-8-19(14-33)15-38(35,36)18-26(28,29)30/h12-13,19H,6-11,14-18H2,1-5H3/t19-/m0/s1. The predicted octanol–water partition coefficient (Wildman–Crippen LogP) is 6.47. The average Bonchev–Trinajstić information content (AvgIpc) is 3.50. The Morgan fingerprint density at radius 2 is 1.87 bits per heavy atom. The number of pyridine rings is 1. The van der Waals surface area contributed by atoms with E-state index in [1.165, 1.54) is 0 Å². The van der Waals surface area contributed by atoms with E-state index in [-0.39, 0.29) is 10.5 Å². The molecule has 1 saturated carbocycles. The minimum absolute atomic E-state index is 0.0549. The summed E-state index contributed by atoms with van der Waals surface area (Å²) < 4.78 is 71.1. The number of halogens is 4. The monoisotopic (exact) mass is 608 g/mol. The summed E-state index contributed by atoms with van der Waals surface area (Å²) in [5, 5.41) is 6.24. The minimum Gasteiger partial charge on any atom is -0.416 e. The molecule has 2 fully saturated rings. The van der Waals surface area contributed by atoms with Crippen LogP contribution in [0.5, 0.6) is 0 Å². The number of aromatic nitrogens is 3. The molecule has 0 spiro atoms. The zero-order valence-electron chi connectivity index (χ0n) is 23.4. The normalized spacial score (nSPS) is 20.8. The van der Waals surface area contributed by atoms with Crippen LogP contribution in [0.25, 0.3) is 10.9 Å². The molecule has 0 N–H and O–H groups in total. The van der Waals surface area contributed by atoms with Crippen molar-refractivity contribution in [3.63, 3.8) is 0 Å². The number of fused-ring (bicyclic) bond motifs is 1. The molecule has 7 nitrogen and oxygen atoms in total. The van der Waals surface area contributed by atoms with Gasteiger partial charge in [0.2, 0.25) is 0 Å². The highest BCUT2D eigenvalue weighted by Gasteiger charge is 2.43. The third-order valence-electron chi connectivity index (χ3n) is 8.74. The molecule has 1 aliphatic heterocycles. The van der Waals surface area contributed by atoms with Crippen LogP contribution in [0.15, 0.2) is 12.3 Å². The third-order valence-corrected chi connectivity index (χ3v) is 15.2. The van der Waals surface area contributed by atoms with Gasteiger partial charge in [-0.1, -0.05) is 45.2 Å². The zero-order chi connectivity index (χ0) is 28.9. The highest BCUT2D eigenvalue weighted by Crippen LogP contribution is 2.44. The van der Waals surface area contributed by atoms with E-state index in [9.17, 15) is 21.6 Å². The number of rotatable bonds is 9. The van der Waals surface area contributed by atoms with Crippen molar-refractivity contribution in [2.45, 2.75) is 83.7 Å². The first-order valence-electron chi connectivity index (χ1n) is 13.6. The van der Waals surface area contributed by atoms with Gasteiger partial charge >= 0.3 is 6.18 Å². The predicted molar refractivity (Wildman–Crippen MR) is 152 cm³/mol. The highest BCUT2D eigenvalue weighted by atomic mass is 35.5. The summed E-state index contributed by atoms with van der Waals surface area (Å²) in [6.07, 6.45) is 1.78. The summed E-state index contributed by atoms with van der Waals surface area (Å²) in [7, 11) is -6.19. The summed E-state index contributed by atoms with van der Waals surface area (Å²) in [6, 6.07) is 1.80. The second kappa shape index (κ2) is 10.8. The molecule has 1 atom stereocenters. The van der Waals surface area contributed by atoms with Crippen LogP contribution >= 0.6 is 11.6 Å². The molecule has 0 radical (unpaired) electrons. The van der Waals surface area contributed by atoms with Crippen molar-refractivity contribution in [2.75, 3.05) is 36.1 Å². The molecule has 3 heterocycles. The van der Waals surface area contributed by atoms with Crippen molar-refractivity contribution in [2.24, 2.45) is 11.3 Å². The van der Waals surface area contributed by atoms with Crippen LogP contribution in [0, 0.1) is 11.3 Å². The Hall–Kier alpha value is -1.37. The molecule has 1 aliphatic carbocycles. The lowest BCUT2D eigenvalue weighted by Crippen LogP contribution is -2.44. The van der Waals surface area contributed by atoms with Crippen LogP contribution in [0.1, 0.15) is 52.9 Å². The van der Waals surface area contributed by atoms with Crippen LogP contribution in [0.3, 0.4) is 0 Å². The fourth-order valence-electron chi connectivity index (χ4n) is 5.55. The van der Waals surface area contributed by atoms with Gasteiger partial charge in [0, 0.05) is 43.9 Å². The van der Waals surface area contributed by atoms with Gasteiger partial charge in [0.1, 0.15) is 10.9 Å². The van der Waals surface area contributed by atoms with E-state index in [0.717, 1.165) is 36.6 Å². The van der Waals surface area contributed by atoms with Gasteiger partial charge in [0.05, 0.1) is 16.7 Å². The third kappa shape index (κ3) is 7.29. The number of anilines is 1. The quantitative estimate of drug-likeness (QED) is 0.240. The molecule has 0 unspecified atom stereocenters. The topological polar surface area (TPSA) is 77.3 Å². The largest absolute Gasteiger partial charge is 0.416 e. The van der Waals surface area contributed by atoms with Crippen LogP contribution in [-0.4, -0.2) is 68.9 Å². The van der Waals surface area contributed by atoms with Gasteiger partial charge in [-0.15, -0.1) is 0 Å². The zero-order valence-corrected chi connectivity index (χ0v) is 26.0. The van der Waals surface area contributed by atoms with E-state index in [2.05, 4.69) is 38.8 Å². The number of hydrogen-bond acceptors (Lipinski definition) is 6. The Kier molecular flexibility index (Phi) is 8.46. The van der Waals surface area contributed by atoms with Crippen LogP contribution in [-0.2, 0) is 20.8 Å². The van der Waals surface area contributed by atoms with Gasteiger partial charge in [-0.05, 0) is 43.3 Å². The van der Waals surface area contributed by atoms with Crippen molar-refractivity contribution >= 4 is 46.5 Å². The van der Waals surface area contributed by atoms with Gasteiger partial charge in [0.25, 0.3) is 0 Å². The summed E-state index contributed by atoms with van der Waals surface area (Å²) >= 11 is 6.29. The van der Waals surface area contributed by atoms with Gasteiger partial charge in [-0.3, -0.25) is 4.68 Å². The van der Waals surface area contributed by atoms with Gasteiger partial charge < -0.3 is 9.33 Å². The molecule has 2 aliphatic rings. The van der Waals surface area contributed by atoms with Crippen molar-refractivity contribution in [3.05, 3.63) is 17.4 Å². The first kappa shape index (κ1) is 30.6. The first-order chi connectivity index (χ1) is 17.9. The lowest BCUT2D eigenvalue weighted by molar-refractivity contribution is -0.106. The Morgan fingerprint density at radius 1 is 1.21 bits per heavy atom. The molecule has 0 bridgehead atoms. The molecule has 39 heavy (non-hydrogen) atoms. The second-order valence-electron chi connectivity index (χ2n) is 13.0. The minimum atomic E-state index is -4.73. The smallest absolute Gasteiger partial charge is 0.402 e. The van der Waals surface area contributed by atoms with E-state index in [0.29, 0.717) is 43.6 Å². The molecule has 4 rings (SSSR count). The van der Waals surface area contributed by atoms with E-state index < -0.39 is 41.8 Å². The summed E-state index contributed by atoms with van der Waals surface area (Å²) in [4.78, 5) is 6.23. The molecular formula is C26H40ClF3N4O3SSi. The Labute approximate surface area is 235 Å². The van der Waals surface area contributed by atoms with Gasteiger partial charge in [-0.2, -0.15) is 18.3 Å². The highest BCUT2D eigenvalue weighted by molar-refractivity contribution is 7.91. The molecule has 1 saturated heterocycles. The lowest BCUT2D eigenvalue weighted by Gasteiger charge is -2.40. The fraction of sp³-hybridized carbons (Fsp3) is 0.769. The SMILES string of the molecule is CC(C)(C)[Si](C)(C)OCC1(Cn2nc(N3CC[C@H](CS(=O)(=O)CC(F)(F)F)C3)c3cnc(Cl)cc32)CCCC1. The molecule has 220 valence electrons. The van der Waals surface area contributed by atoms with Crippen molar-refractivity contribution < 1.29 is 26.0 Å². The molecule has 0 aromatic carbocycles. The Bertz CT molecular complexity index is 1290. The summed E-state index contributed by atoms with van der Waals surface area (Å²) in [6.45, 7) is 13.4. The number of nitrogens with zero attached hydrogens (tertiary/aromatic N) is 4. The molecule has 2 aromatic heterocycles. The van der Waals surface area contributed by atoms with Crippen molar-refractivity contribution in [1.29, 1.82) is 0 Å². The van der Waals surface area contributed by atoms with Crippen molar-refractivity contribution in [1.82, 2.24) is 14.8 Å². The average molecular weight is 609 g/mol. The Balaban J connectivity index is 1.57. The van der Waals surface area contributed by atoms with Gasteiger partial charge in [0.15, 0.2) is 24.0 Å². The number of hydrogen-bond donors (Lipinski definition) is 0. The van der Waals surface area contributed by atoms with E-state index >= 15 is 0 Å². The van der Waals surface area contributed by atoms with E-state index in [1.54, 1.807) is 12.3 Å². The number of alkyl halides is 3. The maximum Gasteiger partial charge on any atom is 0.402 e. The Morgan fingerprint density at radius 3 is 2.49 bits per heavy atom. The van der Waals surface area contributed by atoms with E-state index in [4.69, 9.17) is 21.1 Å². The van der Waals surface area contributed by atoms with Gasteiger partial charge in [-0.25, -0.2) is 13.4 Å². The maximum atomic E-state index is 12.7. The molecule has 2 aromatic rings.